The Balaban J connectivity index is 1.63. The first-order chi connectivity index (χ1) is 13.7. The van der Waals surface area contributed by atoms with Crippen molar-refractivity contribution in [3.05, 3.63) is 70.9 Å². The van der Waals surface area contributed by atoms with Crippen LogP contribution in [-0.4, -0.2) is 37.1 Å². The number of anilines is 1. The molecule has 140 valence electrons. The molecule has 1 aliphatic heterocycles. The number of para-hydroxylation sites is 1. The molecule has 2 heterocycles. The Hall–Kier alpha value is -3.36. The van der Waals surface area contributed by atoms with Crippen LogP contribution in [0.25, 0.3) is 17.0 Å². The van der Waals surface area contributed by atoms with Gasteiger partial charge in [-0.3, -0.25) is 4.79 Å². The minimum absolute atomic E-state index is 0.131. The summed E-state index contributed by atoms with van der Waals surface area (Å²) in [5.41, 5.74) is 4.32. The first-order valence-corrected chi connectivity index (χ1v) is 9.34. The maximum atomic E-state index is 13.1. The van der Waals surface area contributed by atoms with Crippen LogP contribution in [0, 0.1) is 18.3 Å². The molecule has 28 heavy (non-hydrogen) atoms. The molecule has 4 rings (SSSR count). The molecular weight excluding hydrogens is 350 g/mol. The Bertz CT molecular complexity index is 1080. The average molecular weight is 371 g/mol. The zero-order valence-electron chi connectivity index (χ0n) is 15.7. The molecule has 0 aliphatic carbocycles. The minimum Gasteiger partial charge on any atom is -0.378 e. The maximum absolute atomic E-state index is 13.1. The van der Waals surface area contributed by atoms with Crippen molar-refractivity contribution in [2.24, 2.45) is 0 Å². The van der Waals surface area contributed by atoms with Gasteiger partial charge in [-0.05, 0) is 36.8 Å². The number of benzene rings is 2. The van der Waals surface area contributed by atoms with E-state index in [-0.39, 0.29) is 11.4 Å². The van der Waals surface area contributed by atoms with Crippen molar-refractivity contribution in [2.45, 2.75) is 6.92 Å². The highest BCUT2D eigenvalue weighted by molar-refractivity contribution is 6.20. The Morgan fingerprint density at radius 1 is 1.14 bits per heavy atom. The third kappa shape index (κ3) is 3.42. The second-order valence-electron chi connectivity index (χ2n) is 6.86. The smallest absolute Gasteiger partial charge is 0.205 e. The van der Waals surface area contributed by atoms with Crippen molar-refractivity contribution in [1.82, 2.24) is 4.98 Å². The number of H-pyrrole nitrogens is 1. The van der Waals surface area contributed by atoms with Gasteiger partial charge >= 0.3 is 0 Å². The van der Waals surface area contributed by atoms with Gasteiger partial charge in [0.1, 0.15) is 11.6 Å². The maximum Gasteiger partial charge on any atom is 0.205 e. The molecule has 0 amide bonds. The zero-order valence-corrected chi connectivity index (χ0v) is 15.7. The highest BCUT2D eigenvalue weighted by Gasteiger charge is 2.19. The summed E-state index contributed by atoms with van der Waals surface area (Å²) in [6, 6.07) is 17.7. The van der Waals surface area contributed by atoms with Crippen LogP contribution in [-0.2, 0) is 4.74 Å². The fourth-order valence-corrected chi connectivity index (χ4v) is 3.62. The van der Waals surface area contributed by atoms with Crippen LogP contribution >= 0.6 is 0 Å². The van der Waals surface area contributed by atoms with E-state index >= 15 is 0 Å². The molecule has 0 saturated carbocycles. The van der Waals surface area contributed by atoms with Crippen LogP contribution in [0.4, 0.5) is 5.69 Å². The van der Waals surface area contributed by atoms with Gasteiger partial charge in [-0.2, -0.15) is 5.26 Å². The summed E-state index contributed by atoms with van der Waals surface area (Å²) in [7, 11) is 0. The number of hydrogen-bond acceptors (Lipinski definition) is 4. The fourth-order valence-electron chi connectivity index (χ4n) is 3.62. The number of hydrogen-bond donors (Lipinski definition) is 1. The number of allylic oxidation sites excluding steroid dienone is 1. The van der Waals surface area contributed by atoms with Crippen molar-refractivity contribution < 1.29 is 9.53 Å². The molecule has 1 aromatic heterocycles. The van der Waals surface area contributed by atoms with Gasteiger partial charge in [0.15, 0.2) is 0 Å². The van der Waals surface area contributed by atoms with Crippen molar-refractivity contribution in [1.29, 1.82) is 5.26 Å². The molecular formula is C23H21N3O2. The molecule has 2 aromatic carbocycles. The van der Waals surface area contributed by atoms with Crippen LogP contribution < -0.4 is 4.90 Å². The summed E-state index contributed by atoms with van der Waals surface area (Å²) in [5, 5.41) is 10.4. The van der Waals surface area contributed by atoms with E-state index in [1.54, 1.807) is 6.08 Å². The number of carbonyl (C=O) groups is 1. The predicted molar refractivity (Wildman–Crippen MR) is 110 cm³/mol. The van der Waals surface area contributed by atoms with E-state index in [1.165, 1.54) is 0 Å². The Kier molecular flexibility index (Phi) is 4.96. The lowest BCUT2D eigenvalue weighted by atomic mass is 9.99. The molecule has 0 radical (unpaired) electrons. The first-order valence-electron chi connectivity index (χ1n) is 9.34. The van der Waals surface area contributed by atoms with E-state index in [0.29, 0.717) is 5.56 Å². The minimum atomic E-state index is -0.255. The van der Waals surface area contributed by atoms with E-state index in [2.05, 4.69) is 16.0 Å². The van der Waals surface area contributed by atoms with Gasteiger partial charge in [-0.15, -0.1) is 0 Å². The van der Waals surface area contributed by atoms with Gasteiger partial charge in [-0.25, -0.2) is 0 Å². The highest BCUT2D eigenvalue weighted by Crippen LogP contribution is 2.25. The number of nitriles is 1. The van der Waals surface area contributed by atoms with Crippen LogP contribution in [0.3, 0.4) is 0 Å². The summed E-state index contributed by atoms with van der Waals surface area (Å²) in [5.74, 6) is -0.255. The van der Waals surface area contributed by atoms with Crippen molar-refractivity contribution >= 4 is 28.4 Å². The van der Waals surface area contributed by atoms with Gasteiger partial charge in [0.2, 0.25) is 5.78 Å². The molecule has 0 spiro atoms. The van der Waals surface area contributed by atoms with Crippen molar-refractivity contribution in [2.75, 3.05) is 31.2 Å². The lowest BCUT2D eigenvalue weighted by Gasteiger charge is -2.28. The predicted octanol–water partition coefficient (Wildman–Crippen LogP) is 4.10. The molecule has 1 N–H and O–H groups in total. The first kappa shape index (κ1) is 18.0. The molecule has 0 bridgehead atoms. The SMILES string of the molecule is Cc1[nH]c2ccccc2c1C(=O)/C(C#N)=C\c1ccc(N2CCOCC2)cc1. The van der Waals surface area contributed by atoms with Crippen molar-refractivity contribution in [3.8, 4) is 6.07 Å². The molecule has 5 nitrogen and oxygen atoms in total. The van der Waals surface area contributed by atoms with Crippen LogP contribution in [0.5, 0.6) is 0 Å². The van der Waals surface area contributed by atoms with E-state index in [1.807, 2.05) is 55.5 Å². The number of rotatable bonds is 4. The Morgan fingerprint density at radius 3 is 2.57 bits per heavy atom. The molecule has 1 aliphatic rings. The number of ketones is 1. The molecule has 3 aromatic rings. The van der Waals surface area contributed by atoms with E-state index in [9.17, 15) is 10.1 Å². The summed E-state index contributed by atoms with van der Waals surface area (Å²) >= 11 is 0. The highest BCUT2D eigenvalue weighted by atomic mass is 16.5. The van der Waals surface area contributed by atoms with Crippen LogP contribution in [0.2, 0.25) is 0 Å². The normalized spacial score (nSPS) is 14.9. The number of aryl methyl sites for hydroxylation is 1. The number of Topliss-reactive ketones (excluding diaryl/α,β-unsaturated/α-hetero) is 1. The van der Waals surface area contributed by atoms with Gasteiger partial charge in [0, 0.05) is 35.4 Å². The number of carbonyl (C=O) groups excluding carboxylic acids is 1. The van der Waals surface area contributed by atoms with Gasteiger partial charge < -0.3 is 14.6 Å². The quantitative estimate of drug-likeness (QED) is 0.426. The zero-order chi connectivity index (χ0) is 19.5. The summed E-state index contributed by atoms with van der Waals surface area (Å²) < 4.78 is 5.39. The van der Waals surface area contributed by atoms with Gasteiger partial charge in [0.25, 0.3) is 0 Å². The summed E-state index contributed by atoms with van der Waals surface area (Å²) in [6.07, 6.45) is 1.66. The average Bonchev–Trinajstić information content (AvgIpc) is 3.08. The number of morpholine rings is 1. The number of aromatic nitrogens is 1. The van der Waals surface area contributed by atoms with E-state index in [4.69, 9.17) is 4.74 Å². The monoisotopic (exact) mass is 371 g/mol. The standard InChI is InChI=1S/C23H21N3O2/c1-16-22(20-4-2-3-5-21(20)25-16)23(27)18(15-24)14-17-6-8-19(9-7-17)26-10-12-28-13-11-26/h2-9,14,25H,10-13H2,1H3/b18-14-. The van der Waals surface area contributed by atoms with Gasteiger partial charge in [0.05, 0.1) is 18.8 Å². The third-order valence-electron chi connectivity index (χ3n) is 5.07. The lowest BCUT2D eigenvalue weighted by molar-refractivity contribution is 0.104. The molecule has 0 unspecified atom stereocenters. The Labute approximate surface area is 163 Å². The number of aromatic amines is 1. The molecule has 0 atom stereocenters. The Morgan fingerprint density at radius 2 is 1.86 bits per heavy atom. The second-order valence-corrected chi connectivity index (χ2v) is 6.86. The van der Waals surface area contributed by atoms with Gasteiger partial charge in [-0.1, -0.05) is 30.3 Å². The molecule has 1 saturated heterocycles. The largest absolute Gasteiger partial charge is 0.378 e. The van der Waals surface area contributed by atoms with Crippen LogP contribution in [0.1, 0.15) is 21.6 Å². The number of ether oxygens (including phenoxy) is 1. The second kappa shape index (κ2) is 7.71. The topological polar surface area (TPSA) is 69.1 Å². The van der Waals surface area contributed by atoms with E-state index in [0.717, 1.165) is 54.2 Å². The number of nitrogens with zero attached hydrogens (tertiary/aromatic N) is 2. The van der Waals surface area contributed by atoms with Crippen molar-refractivity contribution in [3.63, 3.8) is 0 Å². The number of nitrogens with one attached hydrogen (secondary N) is 1. The lowest BCUT2D eigenvalue weighted by Crippen LogP contribution is -2.36. The summed E-state index contributed by atoms with van der Waals surface area (Å²) in [4.78, 5) is 18.5. The fraction of sp³-hybridized carbons (Fsp3) is 0.217. The number of fused-ring (bicyclic) bond motifs is 1. The molecule has 5 heteroatoms. The van der Waals surface area contributed by atoms with E-state index < -0.39 is 0 Å². The molecule has 1 fully saturated rings. The third-order valence-corrected chi connectivity index (χ3v) is 5.07. The van der Waals surface area contributed by atoms with Crippen LogP contribution in [0.15, 0.2) is 54.1 Å². The summed E-state index contributed by atoms with van der Waals surface area (Å²) in [6.45, 7) is 5.07.